The van der Waals surface area contributed by atoms with Crippen LogP contribution in [0.2, 0.25) is 0 Å². The second-order valence-corrected chi connectivity index (χ2v) is 21.0. The summed E-state index contributed by atoms with van der Waals surface area (Å²) in [6.45, 7) is 6.44. The Balaban J connectivity index is 4.37. The molecule has 0 aliphatic rings. The van der Waals surface area contributed by atoms with Crippen molar-refractivity contribution in [1.82, 2.24) is 0 Å². The summed E-state index contributed by atoms with van der Waals surface area (Å²) in [5, 5.41) is 0. The van der Waals surface area contributed by atoms with Crippen molar-refractivity contribution in [2.45, 2.75) is 316 Å². The van der Waals surface area contributed by atoms with Gasteiger partial charge in [0.2, 0.25) is 0 Å². The van der Waals surface area contributed by atoms with Crippen molar-refractivity contribution in [3.8, 4) is 0 Å². The molecular formula is C68H118O6. The Morgan fingerprint density at radius 2 is 0.581 bits per heavy atom. The fourth-order valence-electron chi connectivity index (χ4n) is 8.96. The molecule has 0 heterocycles. The van der Waals surface area contributed by atoms with Gasteiger partial charge in [0.05, 0.1) is 6.42 Å². The van der Waals surface area contributed by atoms with Gasteiger partial charge in [0, 0.05) is 12.8 Å². The van der Waals surface area contributed by atoms with Crippen molar-refractivity contribution in [2.75, 3.05) is 13.2 Å². The Morgan fingerprint density at radius 3 is 0.973 bits per heavy atom. The van der Waals surface area contributed by atoms with E-state index in [2.05, 4.69) is 93.7 Å². The maximum atomic E-state index is 12.9. The molecule has 0 rings (SSSR count). The SMILES string of the molecule is CC/C=C\C/C=C\C/C=C\C/C=C\C/C=C\CC(=O)OCC(COC(=O)CCCCCCCCCCCCCCCCCCCCCCCCCC)OC(=O)CCCCCCCCC/C=C\C/C=C\CCCCC. The van der Waals surface area contributed by atoms with Crippen LogP contribution in [0.4, 0.5) is 0 Å². The van der Waals surface area contributed by atoms with E-state index in [-0.39, 0.29) is 31.6 Å². The van der Waals surface area contributed by atoms with Gasteiger partial charge in [-0.25, -0.2) is 0 Å². The average Bonchev–Trinajstić information content (AvgIpc) is 3.40. The van der Waals surface area contributed by atoms with Gasteiger partial charge in [-0.15, -0.1) is 0 Å². The predicted molar refractivity (Wildman–Crippen MR) is 321 cm³/mol. The molecule has 74 heavy (non-hydrogen) atoms. The Morgan fingerprint density at radius 1 is 0.297 bits per heavy atom. The Kier molecular flexibility index (Phi) is 59.3. The minimum atomic E-state index is -0.821. The highest BCUT2D eigenvalue weighted by Crippen LogP contribution is 2.17. The average molecular weight is 1030 g/mol. The highest BCUT2D eigenvalue weighted by atomic mass is 16.6. The molecule has 0 spiro atoms. The summed E-state index contributed by atoms with van der Waals surface area (Å²) in [4.78, 5) is 38.2. The molecule has 1 atom stereocenters. The first-order chi connectivity index (χ1) is 36.5. The van der Waals surface area contributed by atoms with Crippen molar-refractivity contribution in [3.63, 3.8) is 0 Å². The second kappa shape index (κ2) is 62.1. The van der Waals surface area contributed by atoms with Crippen LogP contribution < -0.4 is 0 Å². The van der Waals surface area contributed by atoms with Gasteiger partial charge in [-0.3, -0.25) is 14.4 Å². The normalized spacial score (nSPS) is 12.6. The Bertz CT molecular complexity index is 1420. The molecule has 1 unspecified atom stereocenters. The summed E-state index contributed by atoms with van der Waals surface area (Å²) in [5.41, 5.74) is 0. The Labute approximate surface area is 458 Å². The van der Waals surface area contributed by atoms with Crippen LogP contribution >= 0.6 is 0 Å². The summed E-state index contributed by atoms with van der Waals surface area (Å²) in [5.74, 6) is -1.04. The molecule has 0 aromatic rings. The minimum Gasteiger partial charge on any atom is -0.462 e. The maximum absolute atomic E-state index is 12.9. The van der Waals surface area contributed by atoms with Gasteiger partial charge >= 0.3 is 17.9 Å². The van der Waals surface area contributed by atoms with E-state index in [0.29, 0.717) is 12.8 Å². The fraction of sp³-hybridized carbons (Fsp3) is 0.750. The fourth-order valence-corrected chi connectivity index (χ4v) is 8.96. The molecule has 0 aliphatic carbocycles. The molecule has 0 fully saturated rings. The highest BCUT2D eigenvalue weighted by molar-refractivity contribution is 5.72. The number of carbonyl (C=O) groups is 3. The van der Waals surface area contributed by atoms with Gasteiger partial charge in [0.25, 0.3) is 0 Å². The quantitative estimate of drug-likeness (QED) is 0.0261. The largest absolute Gasteiger partial charge is 0.462 e. The van der Waals surface area contributed by atoms with Crippen LogP contribution in [0.25, 0.3) is 0 Å². The van der Waals surface area contributed by atoms with E-state index in [0.717, 1.165) is 83.5 Å². The van der Waals surface area contributed by atoms with Crippen molar-refractivity contribution >= 4 is 17.9 Å². The van der Waals surface area contributed by atoms with Gasteiger partial charge in [-0.05, 0) is 77.0 Å². The summed E-state index contributed by atoms with van der Waals surface area (Å²) >= 11 is 0. The minimum absolute atomic E-state index is 0.107. The van der Waals surface area contributed by atoms with Crippen molar-refractivity contribution in [3.05, 3.63) is 85.1 Å². The molecule has 0 aliphatic heterocycles. The summed E-state index contributed by atoms with van der Waals surface area (Å²) in [6.07, 6.45) is 81.9. The number of hydrogen-bond acceptors (Lipinski definition) is 6. The van der Waals surface area contributed by atoms with E-state index in [1.807, 2.05) is 6.08 Å². The number of rotatable bonds is 57. The molecule has 0 saturated carbocycles. The van der Waals surface area contributed by atoms with Crippen LogP contribution in [0.1, 0.15) is 310 Å². The monoisotopic (exact) mass is 1030 g/mol. The molecule has 0 amide bonds. The molecular weight excluding hydrogens is 913 g/mol. The lowest BCUT2D eigenvalue weighted by atomic mass is 10.0. The topological polar surface area (TPSA) is 78.9 Å². The van der Waals surface area contributed by atoms with Crippen LogP contribution in [0.15, 0.2) is 85.1 Å². The maximum Gasteiger partial charge on any atom is 0.309 e. The van der Waals surface area contributed by atoms with Gasteiger partial charge < -0.3 is 14.2 Å². The van der Waals surface area contributed by atoms with Crippen LogP contribution in [0.3, 0.4) is 0 Å². The number of carbonyl (C=O) groups excluding carboxylic acids is 3. The molecule has 0 aromatic heterocycles. The molecule has 6 heteroatoms. The Hall–Kier alpha value is -3.41. The first-order valence-electron chi connectivity index (χ1n) is 31.6. The van der Waals surface area contributed by atoms with E-state index in [1.165, 1.54) is 186 Å². The zero-order chi connectivity index (χ0) is 53.6. The van der Waals surface area contributed by atoms with Crippen molar-refractivity contribution in [2.24, 2.45) is 0 Å². The third-order valence-corrected chi connectivity index (χ3v) is 13.7. The summed E-state index contributed by atoms with van der Waals surface area (Å²) in [6, 6.07) is 0. The third-order valence-electron chi connectivity index (χ3n) is 13.7. The van der Waals surface area contributed by atoms with Gasteiger partial charge in [-0.2, -0.15) is 0 Å². The third kappa shape index (κ3) is 59.5. The van der Waals surface area contributed by atoms with Crippen LogP contribution in [-0.2, 0) is 28.6 Å². The van der Waals surface area contributed by atoms with E-state index < -0.39 is 12.1 Å². The highest BCUT2D eigenvalue weighted by Gasteiger charge is 2.19. The predicted octanol–water partition coefficient (Wildman–Crippen LogP) is 21.5. The van der Waals surface area contributed by atoms with Gasteiger partial charge in [-0.1, -0.05) is 298 Å². The molecule has 0 aromatic carbocycles. The van der Waals surface area contributed by atoms with Crippen molar-refractivity contribution in [1.29, 1.82) is 0 Å². The molecule has 0 radical (unpaired) electrons. The van der Waals surface area contributed by atoms with E-state index in [4.69, 9.17) is 14.2 Å². The molecule has 6 nitrogen and oxygen atoms in total. The zero-order valence-corrected chi connectivity index (χ0v) is 48.8. The van der Waals surface area contributed by atoms with Gasteiger partial charge in [0.15, 0.2) is 6.10 Å². The van der Waals surface area contributed by atoms with E-state index in [1.54, 1.807) is 6.08 Å². The number of allylic oxidation sites excluding steroid dienone is 13. The smallest absolute Gasteiger partial charge is 0.309 e. The van der Waals surface area contributed by atoms with Gasteiger partial charge in [0.1, 0.15) is 13.2 Å². The number of ether oxygens (including phenoxy) is 3. The summed E-state index contributed by atoms with van der Waals surface area (Å²) < 4.78 is 16.8. The number of unbranched alkanes of at least 4 members (excludes halogenated alkanes) is 33. The second-order valence-electron chi connectivity index (χ2n) is 21.0. The standard InChI is InChI=1S/C68H118O6/c1-4-7-10-13-16-19-22-25-28-30-31-32-33-34-35-36-38-40-43-46-49-52-55-58-61-67(70)73-64-65(63-72-66(69)60-57-54-51-48-45-42-39-27-24-21-18-15-12-9-6-3)74-68(71)62-59-56-53-50-47-44-41-37-29-26-23-20-17-14-11-8-5-2/h9,12,17-18,20-21,26-27,29,39,45,48,54,57,65H,4-8,10-11,13-16,19,22-25,28,30-38,40-44,46-47,49-53,55-56,58-64H2,1-3H3/b12-9-,20-17-,21-18-,29-26-,39-27-,48-45-,57-54-. The van der Waals surface area contributed by atoms with Crippen LogP contribution in [0.5, 0.6) is 0 Å². The van der Waals surface area contributed by atoms with Crippen molar-refractivity contribution < 1.29 is 28.6 Å². The zero-order valence-electron chi connectivity index (χ0n) is 48.8. The molecule has 0 N–H and O–H groups in total. The number of esters is 3. The van der Waals surface area contributed by atoms with E-state index in [9.17, 15) is 14.4 Å². The molecule has 0 bridgehead atoms. The first-order valence-corrected chi connectivity index (χ1v) is 31.6. The molecule has 426 valence electrons. The van der Waals surface area contributed by atoms with Crippen LogP contribution in [-0.4, -0.2) is 37.2 Å². The van der Waals surface area contributed by atoms with E-state index >= 15 is 0 Å². The molecule has 0 saturated heterocycles. The lowest BCUT2D eigenvalue weighted by molar-refractivity contribution is -0.166. The number of hydrogen-bond donors (Lipinski definition) is 0. The first kappa shape index (κ1) is 70.6. The lowest BCUT2D eigenvalue weighted by Crippen LogP contribution is -2.30. The summed E-state index contributed by atoms with van der Waals surface area (Å²) in [7, 11) is 0. The van der Waals surface area contributed by atoms with Crippen LogP contribution in [0, 0.1) is 0 Å². The lowest BCUT2D eigenvalue weighted by Gasteiger charge is -2.18.